The fraction of sp³-hybridized carbons (Fsp3) is 0.400. The highest BCUT2D eigenvalue weighted by molar-refractivity contribution is 14.1. The molecule has 0 heterocycles. The minimum absolute atomic E-state index is 0.121. The van der Waals surface area contributed by atoms with E-state index in [0.717, 1.165) is 23.0 Å². The molecule has 0 aliphatic heterocycles. The maximum atomic E-state index is 13.1. The molecule has 1 N–H and O–H groups in total. The Bertz CT molecular complexity index is 252. The van der Waals surface area contributed by atoms with Gasteiger partial charge in [-0.05, 0) is 19.0 Å². The lowest BCUT2D eigenvalue weighted by Crippen LogP contribution is -2.15. The number of hydrogen-bond donors (Lipinski definition) is 1. The molecule has 1 aromatic carbocycles. The number of nitrogens with one attached hydrogen (secondary N) is 1. The molecule has 0 unspecified atom stereocenters. The van der Waals surface area contributed by atoms with Crippen LogP contribution < -0.4 is 5.32 Å². The van der Waals surface area contributed by atoms with Gasteiger partial charge in [-0.25, -0.2) is 4.39 Å². The van der Waals surface area contributed by atoms with Gasteiger partial charge in [-0.15, -0.1) is 0 Å². The van der Waals surface area contributed by atoms with Crippen LogP contribution in [0.4, 0.5) is 4.39 Å². The molecule has 0 atom stereocenters. The Hall–Kier alpha value is -0.160. The van der Waals surface area contributed by atoms with Gasteiger partial charge in [0.15, 0.2) is 0 Å². The number of rotatable bonds is 5. The molecule has 0 aliphatic carbocycles. The van der Waals surface area contributed by atoms with Crippen molar-refractivity contribution in [3.05, 3.63) is 35.6 Å². The van der Waals surface area contributed by atoms with E-state index in [2.05, 4.69) is 27.9 Å². The molecule has 1 rings (SSSR count). The van der Waals surface area contributed by atoms with Gasteiger partial charge in [0, 0.05) is 16.5 Å². The van der Waals surface area contributed by atoms with Crippen LogP contribution in [-0.4, -0.2) is 11.0 Å². The molecule has 1 aromatic rings. The standard InChI is InChI=1S/C10H13FIN/c11-10-5-2-1-4-9(10)8-13-7-3-6-12/h1-2,4-5,13H,3,6-8H2. The summed E-state index contributed by atoms with van der Waals surface area (Å²) in [6, 6.07) is 6.88. The van der Waals surface area contributed by atoms with Crippen molar-refractivity contribution in [3.8, 4) is 0 Å². The summed E-state index contributed by atoms with van der Waals surface area (Å²) in [5.74, 6) is -0.121. The molecule has 0 fully saturated rings. The Kier molecular flexibility index (Phi) is 5.31. The molecule has 3 heteroatoms. The maximum absolute atomic E-state index is 13.1. The molecule has 0 spiro atoms. The second-order valence-electron chi connectivity index (χ2n) is 2.81. The Morgan fingerprint density at radius 1 is 1.31 bits per heavy atom. The van der Waals surface area contributed by atoms with Crippen LogP contribution in [0.25, 0.3) is 0 Å². The van der Waals surface area contributed by atoms with Crippen LogP contribution in [0.5, 0.6) is 0 Å². The molecule has 13 heavy (non-hydrogen) atoms. The largest absolute Gasteiger partial charge is 0.313 e. The summed E-state index contributed by atoms with van der Waals surface area (Å²) >= 11 is 2.33. The molecule has 0 saturated carbocycles. The van der Waals surface area contributed by atoms with Crippen molar-refractivity contribution in [2.45, 2.75) is 13.0 Å². The van der Waals surface area contributed by atoms with Gasteiger partial charge < -0.3 is 5.32 Å². The van der Waals surface area contributed by atoms with E-state index >= 15 is 0 Å². The fourth-order valence-corrected chi connectivity index (χ4v) is 1.44. The van der Waals surface area contributed by atoms with Gasteiger partial charge in [0.05, 0.1) is 0 Å². The van der Waals surface area contributed by atoms with Crippen molar-refractivity contribution in [3.63, 3.8) is 0 Å². The molecule has 72 valence electrons. The van der Waals surface area contributed by atoms with Crippen LogP contribution in [0.1, 0.15) is 12.0 Å². The molecule has 0 amide bonds. The highest BCUT2D eigenvalue weighted by Gasteiger charge is 1.98. The zero-order valence-corrected chi connectivity index (χ0v) is 9.55. The maximum Gasteiger partial charge on any atom is 0.127 e. The third-order valence-corrected chi connectivity index (χ3v) is 2.52. The molecular weight excluding hydrogens is 280 g/mol. The lowest BCUT2D eigenvalue weighted by atomic mass is 10.2. The van der Waals surface area contributed by atoms with Crippen molar-refractivity contribution in [2.24, 2.45) is 0 Å². The first-order chi connectivity index (χ1) is 6.34. The van der Waals surface area contributed by atoms with E-state index in [0.29, 0.717) is 6.54 Å². The van der Waals surface area contributed by atoms with Crippen molar-refractivity contribution in [1.29, 1.82) is 0 Å². The smallest absolute Gasteiger partial charge is 0.127 e. The van der Waals surface area contributed by atoms with Crippen LogP contribution in [0.3, 0.4) is 0 Å². The Morgan fingerprint density at radius 2 is 2.08 bits per heavy atom. The topological polar surface area (TPSA) is 12.0 Å². The minimum atomic E-state index is -0.121. The third-order valence-electron chi connectivity index (χ3n) is 1.76. The number of benzene rings is 1. The average Bonchev–Trinajstić information content (AvgIpc) is 2.15. The second kappa shape index (κ2) is 6.32. The van der Waals surface area contributed by atoms with Gasteiger partial charge in [-0.3, -0.25) is 0 Å². The SMILES string of the molecule is Fc1ccccc1CNCCCI. The second-order valence-corrected chi connectivity index (χ2v) is 3.89. The summed E-state index contributed by atoms with van der Waals surface area (Å²) in [5.41, 5.74) is 0.746. The first-order valence-electron chi connectivity index (χ1n) is 4.34. The summed E-state index contributed by atoms with van der Waals surface area (Å²) in [6.45, 7) is 1.58. The van der Waals surface area contributed by atoms with Crippen molar-refractivity contribution in [2.75, 3.05) is 11.0 Å². The van der Waals surface area contributed by atoms with Crippen molar-refractivity contribution < 1.29 is 4.39 Å². The van der Waals surface area contributed by atoms with E-state index in [1.807, 2.05) is 12.1 Å². The Morgan fingerprint density at radius 3 is 2.77 bits per heavy atom. The average molecular weight is 293 g/mol. The third kappa shape index (κ3) is 4.04. The molecule has 0 aromatic heterocycles. The van der Waals surface area contributed by atoms with Gasteiger partial charge in [0.1, 0.15) is 5.82 Å². The van der Waals surface area contributed by atoms with Gasteiger partial charge in [-0.2, -0.15) is 0 Å². The monoisotopic (exact) mass is 293 g/mol. The van der Waals surface area contributed by atoms with E-state index in [-0.39, 0.29) is 5.82 Å². The normalized spacial score (nSPS) is 10.3. The van der Waals surface area contributed by atoms with Crippen LogP contribution >= 0.6 is 22.6 Å². The minimum Gasteiger partial charge on any atom is -0.313 e. The van der Waals surface area contributed by atoms with E-state index in [4.69, 9.17) is 0 Å². The summed E-state index contributed by atoms with van der Waals surface area (Å²) in [6.07, 6.45) is 1.13. The van der Waals surface area contributed by atoms with E-state index < -0.39 is 0 Å². The Labute approximate surface area is 91.9 Å². The fourth-order valence-electron chi connectivity index (χ4n) is 1.06. The van der Waals surface area contributed by atoms with E-state index in [1.54, 1.807) is 6.07 Å². The van der Waals surface area contributed by atoms with E-state index in [9.17, 15) is 4.39 Å². The predicted octanol–water partition coefficient (Wildman–Crippen LogP) is 2.74. The van der Waals surface area contributed by atoms with Crippen LogP contribution in [0.15, 0.2) is 24.3 Å². The summed E-state index contributed by atoms with van der Waals surface area (Å²) in [5, 5.41) is 3.20. The quantitative estimate of drug-likeness (QED) is 0.500. The van der Waals surface area contributed by atoms with Crippen molar-refractivity contribution >= 4 is 22.6 Å². The van der Waals surface area contributed by atoms with Gasteiger partial charge >= 0.3 is 0 Å². The summed E-state index contributed by atoms with van der Waals surface area (Å²) in [7, 11) is 0. The zero-order chi connectivity index (χ0) is 9.52. The van der Waals surface area contributed by atoms with Crippen molar-refractivity contribution in [1.82, 2.24) is 5.32 Å². The number of hydrogen-bond acceptors (Lipinski definition) is 1. The van der Waals surface area contributed by atoms with Crippen LogP contribution in [-0.2, 0) is 6.54 Å². The highest BCUT2D eigenvalue weighted by atomic mass is 127. The number of alkyl halides is 1. The number of halogens is 2. The van der Waals surface area contributed by atoms with Gasteiger partial charge in [0.25, 0.3) is 0 Å². The summed E-state index contributed by atoms with van der Waals surface area (Å²) in [4.78, 5) is 0. The summed E-state index contributed by atoms with van der Waals surface area (Å²) < 4.78 is 14.2. The zero-order valence-electron chi connectivity index (χ0n) is 7.39. The van der Waals surface area contributed by atoms with Gasteiger partial charge in [0.2, 0.25) is 0 Å². The first kappa shape index (κ1) is 10.9. The highest BCUT2D eigenvalue weighted by Crippen LogP contribution is 2.05. The van der Waals surface area contributed by atoms with Gasteiger partial charge in [-0.1, -0.05) is 40.8 Å². The Balaban J connectivity index is 2.32. The molecule has 0 saturated heterocycles. The molecular formula is C10H13FIN. The van der Waals surface area contributed by atoms with Crippen LogP contribution in [0.2, 0.25) is 0 Å². The van der Waals surface area contributed by atoms with Crippen LogP contribution in [0, 0.1) is 5.82 Å². The first-order valence-corrected chi connectivity index (χ1v) is 5.87. The molecule has 1 nitrogen and oxygen atoms in total. The molecule has 0 bridgehead atoms. The lowest BCUT2D eigenvalue weighted by Gasteiger charge is -2.04. The lowest BCUT2D eigenvalue weighted by molar-refractivity contribution is 0.587. The molecule has 0 radical (unpaired) electrons. The van der Waals surface area contributed by atoms with E-state index in [1.165, 1.54) is 6.07 Å². The molecule has 0 aliphatic rings. The predicted molar refractivity (Wildman–Crippen MR) is 61.6 cm³/mol.